The molecule has 1 atom stereocenters. The molecule has 19 heavy (non-hydrogen) atoms. The van der Waals surface area contributed by atoms with Gasteiger partial charge in [0.05, 0.1) is 0 Å². The molecule has 1 unspecified atom stereocenters. The Kier molecular flexibility index (Phi) is 29.2. The zero-order chi connectivity index (χ0) is 14.4. The van der Waals surface area contributed by atoms with Gasteiger partial charge in [-0.25, -0.2) is 0 Å². The van der Waals surface area contributed by atoms with Crippen molar-refractivity contribution in [2.24, 2.45) is 0 Å². The first-order valence-electron chi connectivity index (χ1n) is 6.38. The van der Waals surface area contributed by atoms with Crippen molar-refractivity contribution in [2.45, 2.75) is 62.7 Å². The quantitative estimate of drug-likeness (QED) is 0.146. The van der Waals surface area contributed by atoms with Gasteiger partial charge >= 0.3 is 92.4 Å². The Morgan fingerprint density at radius 1 is 1.16 bits per heavy atom. The van der Waals surface area contributed by atoms with Gasteiger partial charge in [0.2, 0.25) is 0 Å². The van der Waals surface area contributed by atoms with Crippen molar-refractivity contribution in [3.05, 3.63) is 0 Å². The van der Waals surface area contributed by atoms with Crippen LogP contribution in [0.2, 0.25) is 0 Å². The Labute approximate surface area is 188 Å². The minimum atomic E-state index is -0.379. The standard InChI is InChI=1S/C12H21IO3.ClH.K.Na.H/c1-3-5-7-9-11(14)16-12(15)10(13)8-6-4-2;;;;/h10H,3-9H2,1-2H3;1H;;;/q;;+1;;/p-1. The minimum absolute atomic E-state index is 0. The molecule has 7 heteroatoms. The van der Waals surface area contributed by atoms with E-state index in [0.29, 0.717) is 53.6 Å². The molecule has 0 N–H and O–H groups in total. The van der Waals surface area contributed by atoms with E-state index in [0.717, 1.165) is 38.5 Å². The van der Waals surface area contributed by atoms with Crippen LogP contribution in [0.4, 0.5) is 0 Å². The first kappa shape index (κ1) is 26.7. The monoisotopic (exact) mass is 438 g/mol. The zero-order valence-corrected chi connectivity index (χ0v) is 17.5. The first-order valence-corrected chi connectivity index (χ1v) is 11.9. The average molecular weight is 439 g/mol. The second kappa shape index (κ2) is 20.8. The third kappa shape index (κ3) is 18.7. The van der Waals surface area contributed by atoms with Gasteiger partial charge in [-0.3, -0.25) is 9.59 Å². The Hall–Kier alpha value is 2.80. The first-order chi connectivity index (χ1) is 8.61. The van der Waals surface area contributed by atoms with Crippen molar-refractivity contribution in [3.8, 4) is 0 Å². The Morgan fingerprint density at radius 3 is 2.16 bits per heavy atom. The number of unbranched alkanes of at least 4 members (excludes halogenated alkanes) is 3. The van der Waals surface area contributed by atoms with Crippen LogP contribution in [0.5, 0.6) is 0 Å². The molecular formula is C12H22ClIKNaO3. The molecule has 0 aromatic rings. The summed E-state index contributed by atoms with van der Waals surface area (Å²) >= 11 is 2.58. The number of hydrogen-bond donors (Lipinski definition) is 0. The van der Waals surface area contributed by atoms with Gasteiger partial charge in [-0.15, -0.1) is 0 Å². The predicted octanol–water partition coefficient (Wildman–Crippen LogP) is 3.29. The molecule has 0 saturated heterocycles. The SMILES string of the molecule is CCCCCC(=O)OC(=O)C(I)CCCC.[Cl][K].[NaH]. The van der Waals surface area contributed by atoms with Gasteiger partial charge in [0.15, 0.2) is 0 Å². The van der Waals surface area contributed by atoms with Crippen LogP contribution in [0.3, 0.4) is 0 Å². The number of rotatable bonds is 8. The molecule has 0 heterocycles. The molecule has 0 saturated carbocycles. The maximum atomic E-state index is 11.4. The van der Waals surface area contributed by atoms with Crippen molar-refractivity contribution in [2.75, 3.05) is 0 Å². The molecule has 0 aromatic carbocycles. The van der Waals surface area contributed by atoms with Gasteiger partial charge < -0.3 is 4.74 Å². The summed E-state index contributed by atoms with van der Waals surface area (Å²) in [4.78, 5) is 22.7. The average Bonchev–Trinajstić information content (AvgIpc) is 2.38. The molecule has 104 valence electrons. The van der Waals surface area contributed by atoms with Gasteiger partial charge in [-0.2, -0.15) is 0 Å². The van der Waals surface area contributed by atoms with Crippen molar-refractivity contribution < 1.29 is 14.3 Å². The van der Waals surface area contributed by atoms with Crippen LogP contribution in [0.1, 0.15) is 58.8 Å². The topological polar surface area (TPSA) is 43.4 Å². The van der Waals surface area contributed by atoms with Crippen LogP contribution in [-0.2, 0) is 14.3 Å². The third-order valence-corrected chi connectivity index (χ3v) is 3.40. The molecule has 0 aliphatic carbocycles. The normalized spacial score (nSPS) is 10.6. The van der Waals surface area contributed by atoms with Gasteiger partial charge in [-0.05, 0) is 12.8 Å². The summed E-state index contributed by atoms with van der Waals surface area (Å²) in [6.07, 6.45) is 6.07. The predicted molar refractivity (Wildman–Crippen MR) is 91.3 cm³/mol. The number of alkyl halides is 1. The molecule has 0 aromatic heterocycles. The number of ether oxygens (including phenoxy) is 1. The van der Waals surface area contributed by atoms with Crippen molar-refractivity contribution >= 4 is 115 Å². The summed E-state index contributed by atoms with van der Waals surface area (Å²) in [5, 5.41) is 0. The van der Waals surface area contributed by atoms with Gasteiger partial charge in [0, 0.05) is 6.42 Å². The fourth-order valence-electron chi connectivity index (χ4n) is 1.25. The molecule has 0 radical (unpaired) electrons. The van der Waals surface area contributed by atoms with E-state index in [1.807, 2.05) is 22.6 Å². The van der Waals surface area contributed by atoms with E-state index in [9.17, 15) is 9.59 Å². The summed E-state index contributed by atoms with van der Waals surface area (Å²) in [6.45, 7) is 4.15. The van der Waals surface area contributed by atoms with Crippen LogP contribution < -0.4 is 0 Å². The van der Waals surface area contributed by atoms with Crippen molar-refractivity contribution in [1.29, 1.82) is 0 Å². The maximum absolute atomic E-state index is 11.4. The van der Waals surface area contributed by atoms with Gasteiger partial charge in [0.1, 0.15) is 3.92 Å². The summed E-state index contributed by atoms with van der Waals surface area (Å²) in [5.74, 6) is -0.757. The molecule has 0 aliphatic rings. The summed E-state index contributed by atoms with van der Waals surface area (Å²) in [5.41, 5.74) is 0. The number of halogens is 2. The van der Waals surface area contributed by atoms with Crippen molar-refractivity contribution in [1.82, 2.24) is 0 Å². The Balaban J connectivity index is -0.000000809. The summed E-state index contributed by atoms with van der Waals surface area (Å²) < 4.78 is 9.41. The molecule has 0 amide bonds. The molecule has 3 nitrogen and oxygen atoms in total. The fourth-order valence-corrected chi connectivity index (χ4v) is 1.82. The van der Waals surface area contributed by atoms with Crippen molar-refractivity contribution in [3.63, 3.8) is 0 Å². The molecule has 0 aliphatic heterocycles. The van der Waals surface area contributed by atoms with E-state index in [1.54, 1.807) is 0 Å². The van der Waals surface area contributed by atoms with Crippen LogP contribution in [0.15, 0.2) is 0 Å². The second-order valence-electron chi connectivity index (χ2n) is 3.86. The van der Waals surface area contributed by atoms with Gasteiger partial charge in [0.25, 0.3) is 0 Å². The summed E-state index contributed by atoms with van der Waals surface area (Å²) in [7, 11) is 0. The number of carbonyl (C=O) groups excluding carboxylic acids is 2. The second-order valence-corrected chi connectivity index (χ2v) is 5.36. The van der Waals surface area contributed by atoms with E-state index in [-0.39, 0.29) is 45.4 Å². The van der Waals surface area contributed by atoms with Crippen LogP contribution in [-0.4, -0.2) is 92.6 Å². The van der Waals surface area contributed by atoms with Crippen LogP contribution >= 0.6 is 26.4 Å². The van der Waals surface area contributed by atoms with E-state index in [1.165, 1.54) is 0 Å². The van der Waals surface area contributed by atoms with E-state index in [4.69, 9.17) is 8.50 Å². The van der Waals surface area contributed by atoms with E-state index in [2.05, 4.69) is 13.8 Å². The fraction of sp³-hybridized carbons (Fsp3) is 0.833. The van der Waals surface area contributed by atoms with E-state index >= 15 is 0 Å². The molecular weight excluding hydrogens is 417 g/mol. The summed E-state index contributed by atoms with van der Waals surface area (Å²) in [6, 6.07) is 0. The molecule has 0 spiro atoms. The zero-order valence-electron chi connectivity index (χ0n) is 11.5. The molecule has 0 rings (SSSR count). The van der Waals surface area contributed by atoms with E-state index < -0.39 is 0 Å². The third-order valence-electron chi connectivity index (χ3n) is 2.27. The van der Waals surface area contributed by atoms with Crippen LogP contribution in [0, 0.1) is 0 Å². The molecule has 0 fully saturated rings. The van der Waals surface area contributed by atoms with Crippen LogP contribution in [0.25, 0.3) is 0 Å². The number of hydrogen-bond acceptors (Lipinski definition) is 3. The Bertz CT molecular complexity index is 233. The Morgan fingerprint density at radius 2 is 1.68 bits per heavy atom. The number of esters is 2. The van der Waals surface area contributed by atoms with Gasteiger partial charge in [-0.1, -0.05) is 62.1 Å². The molecule has 0 bridgehead atoms. The number of carbonyl (C=O) groups is 2.